The summed E-state index contributed by atoms with van der Waals surface area (Å²) >= 11 is 0. The Morgan fingerprint density at radius 2 is 1.75 bits per heavy atom. The largest absolute Gasteiger partial charge is 0.385 e. The Balaban J connectivity index is 2.54. The van der Waals surface area contributed by atoms with E-state index in [1.165, 1.54) is 22.4 Å². The third-order valence-corrected chi connectivity index (χ3v) is 2.82. The molecule has 3 N–H and O–H groups in total. The minimum absolute atomic E-state index is 0.307. The Bertz CT molecular complexity index is 320. The maximum absolute atomic E-state index is 5.72. The molecule has 2 nitrogen and oxygen atoms in total. The molecule has 1 rings (SSSR count). The zero-order valence-electron chi connectivity index (χ0n) is 10.9. The number of benzene rings is 1. The van der Waals surface area contributed by atoms with Crippen molar-refractivity contribution in [3.8, 4) is 0 Å². The summed E-state index contributed by atoms with van der Waals surface area (Å²) in [5, 5.41) is 3.51. The molecular weight excluding hydrogens is 196 g/mol. The fourth-order valence-electron chi connectivity index (χ4n) is 2.10. The molecule has 0 fully saturated rings. The lowest BCUT2D eigenvalue weighted by molar-refractivity contribution is 0.639. The van der Waals surface area contributed by atoms with Crippen LogP contribution in [0.2, 0.25) is 0 Å². The topological polar surface area (TPSA) is 38.0 Å². The fourth-order valence-corrected chi connectivity index (χ4v) is 2.10. The Kier molecular flexibility index (Phi) is 4.81. The van der Waals surface area contributed by atoms with Gasteiger partial charge in [-0.1, -0.05) is 17.7 Å². The molecule has 1 atom stereocenters. The molecule has 0 aromatic heterocycles. The molecule has 0 aliphatic heterocycles. The van der Waals surface area contributed by atoms with Gasteiger partial charge in [0.15, 0.2) is 0 Å². The second-order valence-electron chi connectivity index (χ2n) is 4.82. The zero-order valence-corrected chi connectivity index (χ0v) is 10.9. The molecule has 1 aromatic rings. The van der Waals surface area contributed by atoms with E-state index < -0.39 is 0 Å². The first-order valence-corrected chi connectivity index (χ1v) is 6.08. The molecule has 0 heterocycles. The van der Waals surface area contributed by atoms with Gasteiger partial charge in [0.05, 0.1) is 0 Å². The molecule has 1 aromatic carbocycles. The molecular formula is C14H24N2. The van der Waals surface area contributed by atoms with Crippen molar-refractivity contribution in [1.29, 1.82) is 0 Å². The maximum atomic E-state index is 5.72. The van der Waals surface area contributed by atoms with Gasteiger partial charge in [-0.2, -0.15) is 0 Å². The third kappa shape index (κ3) is 3.86. The lowest BCUT2D eigenvalue weighted by atomic mass is 10.0. The van der Waals surface area contributed by atoms with E-state index >= 15 is 0 Å². The Morgan fingerprint density at radius 1 is 1.19 bits per heavy atom. The summed E-state index contributed by atoms with van der Waals surface area (Å²) < 4.78 is 0. The number of hydrogen-bond acceptors (Lipinski definition) is 2. The Labute approximate surface area is 99.2 Å². The normalized spacial score (nSPS) is 12.6. The van der Waals surface area contributed by atoms with Crippen LogP contribution >= 0.6 is 0 Å². The van der Waals surface area contributed by atoms with Crippen molar-refractivity contribution in [3.05, 3.63) is 28.8 Å². The maximum Gasteiger partial charge on any atom is 0.0399 e. The fraction of sp³-hybridized carbons (Fsp3) is 0.571. The Hall–Kier alpha value is -1.02. The highest BCUT2D eigenvalue weighted by atomic mass is 14.9. The minimum atomic E-state index is 0.307. The number of nitrogens with one attached hydrogen (secondary N) is 1. The van der Waals surface area contributed by atoms with Crippen LogP contribution in [0.25, 0.3) is 0 Å². The summed E-state index contributed by atoms with van der Waals surface area (Å²) in [4.78, 5) is 0. The van der Waals surface area contributed by atoms with Gasteiger partial charge in [0.2, 0.25) is 0 Å². The molecule has 0 aliphatic carbocycles. The van der Waals surface area contributed by atoms with Crippen molar-refractivity contribution in [1.82, 2.24) is 0 Å². The van der Waals surface area contributed by atoms with Crippen LogP contribution in [0, 0.1) is 20.8 Å². The molecule has 0 saturated heterocycles. The van der Waals surface area contributed by atoms with Crippen LogP contribution in [0.15, 0.2) is 12.1 Å². The van der Waals surface area contributed by atoms with E-state index in [-0.39, 0.29) is 0 Å². The van der Waals surface area contributed by atoms with Gasteiger partial charge in [-0.25, -0.2) is 0 Å². The van der Waals surface area contributed by atoms with E-state index in [4.69, 9.17) is 5.73 Å². The highest BCUT2D eigenvalue weighted by Crippen LogP contribution is 2.21. The lowest BCUT2D eigenvalue weighted by Crippen LogP contribution is -2.16. The summed E-state index contributed by atoms with van der Waals surface area (Å²) in [6.07, 6.45) is 2.21. The van der Waals surface area contributed by atoms with Crippen LogP contribution in [0.4, 0.5) is 5.69 Å². The molecule has 0 aliphatic rings. The standard InChI is InChI=1S/C14H24N2/c1-10-8-11(2)14(12(3)9-10)16-7-5-6-13(4)15/h8-9,13,16H,5-7,15H2,1-4H3. The van der Waals surface area contributed by atoms with Gasteiger partial charge in [0.25, 0.3) is 0 Å². The van der Waals surface area contributed by atoms with Crippen LogP contribution in [0.1, 0.15) is 36.5 Å². The van der Waals surface area contributed by atoms with Gasteiger partial charge in [0, 0.05) is 18.3 Å². The average Bonchev–Trinajstić information content (AvgIpc) is 2.14. The Morgan fingerprint density at radius 3 is 2.25 bits per heavy atom. The summed E-state index contributed by atoms with van der Waals surface area (Å²) in [5.41, 5.74) is 11.0. The average molecular weight is 220 g/mol. The van der Waals surface area contributed by atoms with Gasteiger partial charge < -0.3 is 11.1 Å². The summed E-state index contributed by atoms with van der Waals surface area (Å²) in [7, 11) is 0. The van der Waals surface area contributed by atoms with Crippen molar-refractivity contribution in [3.63, 3.8) is 0 Å². The molecule has 16 heavy (non-hydrogen) atoms. The highest BCUT2D eigenvalue weighted by Gasteiger charge is 2.02. The summed E-state index contributed by atoms with van der Waals surface area (Å²) in [6, 6.07) is 4.75. The molecule has 0 spiro atoms. The number of aryl methyl sites for hydroxylation is 3. The van der Waals surface area contributed by atoms with E-state index in [1.54, 1.807) is 0 Å². The number of hydrogen-bond donors (Lipinski definition) is 2. The second kappa shape index (κ2) is 5.90. The van der Waals surface area contributed by atoms with E-state index in [0.717, 1.165) is 19.4 Å². The van der Waals surface area contributed by atoms with Gasteiger partial charge in [-0.3, -0.25) is 0 Å². The smallest absolute Gasteiger partial charge is 0.0399 e. The van der Waals surface area contributed by atoms with Gasteiger partial charge in [0.1, 0.15) is 0 Å². The van der Waals surface area contributed by atoms with Crippen molar-refractivity contribution < 1.29 is 0 Å². The van der Waals surface area contributed by atoms with E-state index in [0.29, 0.717) is 6.04 Å². The van der Waals surface area contributed by atoms with Gasteiger partial charge >= 0.3 is 0 Å². The highest BCUT2D eigenvalue weighted by molar-refractivity contribution is 5.58. The van der Waals surface area contributed by atoms with E-state index in [1.807, 2.05) is 0 Å². The second-order valence-corrected chi connectivity index (χ2v) is 4.82. The van der Waals surface area contributed by atoms with Crippen molar-refractivity contribution in [2.45, 2.75) is 46.6 Å². The van der Waals surface area contributed by atoms with Crippen molar-refractivity contribution in [2.24, 2.45) is 5.73 Å². The third-order valence-electron chi connectivity index (χ3n) is 2.82. The van der Waals surface area contributed by atoms with Crippen LogP contribution in [-0.4, -0.2) is 12.6 Å². The number of anilines is 1. The lowest BCUT2D eigenvalue weighted by Gasteiger charge is -2.14. The molecule has 2 heteroatoms. The van der Waals surface area contributed by atoms with Crippen LogP contribution in [0.3, 0.4) is 0 Å². The van der Waals surface area contributed by atoms with E-state index in [9.17, 15) is 0 Å². The van der Waals surface area contributed by atoms with Crippen molar-refractivity contribution in [2.75, 3.05) is 11.9 Å². The molecule has 0 amide bonds. The van der Waals surface area contributed by atoms with Gasteiger partial charge in [-0.05, 0) is 51.7 Å². The predicted octanol–water partition coefficient (Wildman–Crippen LogP) is 3.15. The number of nitrogens with two attached hydrogens (primary N) is 1. The summed E-state index contributed by atoms with van der Waals surface area (Å²) in [6.45, 7) is 9.52. The molecule has 90 valence electrons. The minimum Gasteiger partial charge on any atom is -0.385 e. The first kappa shape index (κ1) is 13.0. The quantitative estimate of drug-likeness (QED) is 0.748. The van der Waals surface area contributed by atoms with E-state index in [2.05, 4.69) is 45.1 Å². The first-order valence-electron chi connectivity index (χ1n) is 6.08. The molecule has 0 bridgehead atoms. The zero-order chi connectivity index (χ0) is 12.1. The predicted molar refractivity (Wildman–Crippen MR) is 72.0 cm³/mol. The van der Waals surface area contributed by atoms with Crippen LogP contribution in [0.5, 0.6) is 0 Å². The molecule has 0 radical (unpaired) electrons. The SMILES string of the molecule is Cc1cc(C)c(NCCCC(C)N)c(C)c1. The summed E-state index contributed by atoms with van der Waals surface area (Å²) in [5.74, 6) is 0. The molecule has 0 saturated carbocycles. The monoisotopic (exact) mass is 220 g/mol. The van der Waals surface area contributed by atoms with Crippen molar-refractivity contribution >= 4 is 5.69 Å². The number of rotatable bonds is 5. The molecule has 1 unspecified atom stereocenters. The van der Waals surface area contributed by atoms with Crippen LogP contribution < -0.4 is 11.1 Å². The van der Waals surface area contributed by atoms with Gasteiger partial charge in [-0.15, -0.1) is 0 Å². The van der Waals surface area contributed by atoms with Crippen LogP contribution in [-0.2, 0) is 0 Å². The first-order chi connectivity index (χ1) is 7.50.